The average molecular weight is 356 g/mol. The molecule has 2 aliphatic rings. The van der Waals surface area contributed by atoms with E-state index in [4.69, 9.17) is 4.74 Å². The van der Waals surface area contributed by atoms with E-state index >= 15 is 0 Å². The summed E-state index contributed by atoms with van der Waals surface area (Å²) >= 11 is 0. The molecule has 7 nitrogen and oxygen atoms in total. The summed E-state index contributed by atoms with van der Waals surface area (Å²) in [6, 6.07) is 0. The number of hydrogen-bond donors (Lipinski definition) is 0. The molecule has 2 fully saturated rings. The maximum absolute atomic E-state index is 12.9. The molecule has 0 spiro atoms. The molecule has 24 heavy (non-hydrogen) atoms. The lowest BCUT2D eigenvalue weighted by molar-refractivity contribution is 0.119. The Morgan fingerprint density at radius 1 is 1.12 bits per heavy atom. The van der Waals surface area contributed by atoms with Crippen molar-refractivity contribution in [2.75, 3.05) is 39.9 Å². The molecule has 0 aromatic carbocycles. The van der Waals surface area contributed by atoms with Gasteiger partial charge >= 0.3 is 0 Å². The molecule has 3 heterocycles. The minimum absolute atomic E-state index is 0.351. The Balaban J connectivity index is 1.56. The Labute approximate surface area is 144 Å². The second-order valence-electron chi connectivity index (χ2n) is 6.88. The number of nitrogens with zero attached hydrogens (tertiary/aromatic N) is 4. The largest absolute Gasteiger partial charge is 0.384 e. The summed E-state index contributed by atoms with van der Waals surface area (Å²) in [5.41, 5.74) is 0. The molecule has 0 aliphatic carbocycles. The van der Waals surface area contributed by atoms with Crippen LogP contribution in [0.25, 0.3) is 0 Å². The Bertz CT molecular complexity index is 630. The van der Waals surface area contributed by atoms with Gasteiger partial charge in [0.1, 0.15) is 5.82 Å². The van der Waals surface area contributed by atoms with E-state index in [1.165, 1.54) is 0 Å². The van der Waals surface area contributed by atoms with Gasteiger partial charge in [0.25, 0.3) is 10.2 Å². The standard InChI is InChI=1S/C16H28N4O3S/c1-18-12-7-17-16(18)15-5-10-20(11-6-15)24(21,22)19-8-3-14(4-9-19)13-23-2/h7,12,14-15H,3-6,8-11,13H2,1-2H3. The van der Waals surface area contributed by atoms with Gasteiger partial charge in [0.15, 0.2) is 0 Å². The van der Waals surface area contributed by atoms with E-state index in [0.717, 1.165) is 38.1 Å². The zero-order valence-corrected chi connectivity index (χ0v) is 15.4. The van der Waals surface area contributed by atoms with Crippen LogP contribution in [0.2, 0.25) is 0 Å². The first-order valence-corrected chi connectivity index (χ1v) is 10.1. The van der Waals surface area contributed by atoms with Crippen molar-refractivity contribution in [1.29, 1.82) is 0 Å². The van der Waals surface area contributed by atoms with Crippen LogP contribution in [0, 0.1) is 5.92 Å². The van der Waals surface area contributed by atoms with Crippen molar-refractivity contribution >= 4 is 10.2 Å². The first-order valence-electron chi connectivity index (χ1n) is 8.73. The van der Waals surface area contributed by atoms with Crippen molar-refractivity contribution in [2.24, 2.45) is 13.0 Å². The van der Waals surface area contributed by atoms with Crippen LogP contribution in [0.5, 0.6) is 0 Å². The van der Waals surface area contributed by atoms with E-state index in [1.807, 2.05) is 24.0 Å². The second-order valence-corrected chi connectivity index (χ2v) is 8.80. The fraction of sp³-hybridized carbons (Fsp3) is 0.812. The maximum atomic E-state index is 12.9. The molecule has 0 N–H and O–H groups in total. The summed E-state index contributed by atoms with van der Waals surface area (Å²) in [4.78, 5) is 4.42. The molecular formula is C16H28N4O3S. The third-order valence-corrected chi connectivity index (χ3v) is 7.34. The number of ether oxygens (including phenoxy) is 1. The molecule has 0 saturated carbocycles. The number of hydrogen-bond acceptors (Lipinski definition) is 4. The van der Waals surface area contributed by atoms with Crippen molar-refractivity contribution in [3.05, 3.63) is 18.2 Å². The zero-order chi connectivity index (χ0) is 17.2. The number of imidazole rings is 1. The molecular weight excluding hydrogens is 328 g/mol. The molecule has 0 radical (unpaired) electrons. The molecule has 2 aliphatic heterocycles. The number of rotatable bonds is 5. The van der Waals surface area contributed by atoms with Gasteiger partial charge in [-0.25, -0.2) is 4.98 Å². The molecule has 1 aromatic heterocycles. The number of aryl methyl sites for hydroxylation is 1. The lowest BCUT2D eigenvalue weighted by Gasteiger charge is -2.37. The number of piperidine rings is 2. The van der Waals surface area contributed by atoms with Crippen molar-refractivity contribution < 1.29 is 13.2 Å². The van der Waals surface area contributed by atoms with Crippen LogP contribution in [-0.2, 0) is 22.0 Å². The SMILES string of the molecule is COCC1CCN(S(=O)(=O)N2CCC(c3nccn3C)CC2)CC1. The van der Waals surface area contributed by atoms with Crippen LogP contribution in [0.4, 0.5) is 0 Å². The summed E-state index contributed by atoms with van der Waals surface area (Å²) in [5, 5.41) is 0. The van der Waals surface area contributed by atoms with Crippen molar-refractivity contribution in [1.82, 2.24) is 18.2 Å². The van der Waals surface area contributed by atoms with E-state index in [0.29, 0.717) is 38.0 Å². The fourth-order valence-electron chi connectivity index (χ4n) is 3.82. The highest BCUT2D eigenvalue weighted by Gasteiger charge is 2.35. The summed E-state index contributed by atoms with van der Waals surface area (Å²) in [5.74, 6) is 1.90. The van der Waals surface area contributed by atoms with Gasteiger partial charge < -0.3 is 9.30 Å². The van der Waals surface area contributed by atoms with Crippen molar-refractivity contribution in [3.8, 4) is 0 Å². The summed E-state index contributed by atoms with van der Waals surface area (Å²) in [7, 11) is 0.372. The molecule has 0 amide bonds. The van der Waals surface area contributed by atoms with E-state index in [2.05, 4.69) is 4.98 Å². The van der Waals surface area contributed by atoms with Crippen molar-refractivity contribution in [3.63, 3.8) is 0 Å². The molecule has 1 aromatic rings. The first kappa shape index (κ1) is 17.8. The Morgan fingerprint density at radius 3 is 2.21 bits per heavy atom. The predicted molar refractivity (Wildman–Crippen MR) is 91.8 cm³/mol. The van der Waals surface area contributed by atoms with Gasteiger partial charge in [-0.2, -0.15) is 17.0 Å². The Kier molecular flexibility index (Phi) is 5.59. The summed E-state index contributed by atoms with van der Waals surface area (Å²) < 4.78 is 36.3. The topological polar surface area (TPSA) is 67.7 Å². The van der Waals surface area contributed by atoms with Gasteiger partial charge in [0.05, 0.1) is 0 Å². The Morgan fingerprint density at radius 2 is 1.71 bits per heavy atom. The van der Waals surface area contributed by atoms with E-state index < -0.39 is 10.2 Å². The quantitative estimate of drug-likeness (QED) is 0.795. The van der Waals surface area contributed by atoms with Crippen LogP contribution in [0.1, 0.15) is 37.4 Å². The second kappa shape index (κ2) is 7.51. The molecule has 0 unspecified atom stereocenters. The van der Waals surface area contributed by atoms with Gasteiger partial charge in [0.2, 0.25) is 0 Å². The van der Waals surface area contributed by atoms with Gasteiger partial charge in [-0.15, -0.1) is 0 Å². The minimum atomic E-state index is -3.33. The average Bonchev–Trinajstić information content (AvgIpc) is 3.02. The molecule has 0 atom stereocenters. The molecule has 0 bridgehead atoms. The minimum Gasteiger partial charge on any atom is -0.384 e. The molecule has 8 heteroatoms. The van der Waals surface area contributed by atoms with Crippen molar-refractivity contribution in [2.45, 2.75) is 31.6 Å². The molecule has 136 valence electrons. The lowest BCUT2D eigenvalue weighted by Crippen LogP contribution is -2.49. The third kappa shape index (κ3) is 3.66. The lowest BCUT2D eigenvalue weighted by atomic mass is 9.97. The van der Waals surface area contributed by atoms with Gasteiger partial charge in [-0.1, -0.05) is 0 Å². The van der Waals surface area contributed by atoms with Crippen LogP contribution in [0.3, 0.4) is 0 Å². The van der Waals surface area contributed by atoms with E-state index in [9.17, 15) is 8.42 Å². The monoisotopic (exact) mass is 356 g/mol. The highest BCUT2D eigenvalue weighted by atomic mass is 32.2. The fourth-order valence-corrected chi connectivity index (χ4v) is 5.49. The van der Waals surface area contributed by atoms with Crippen LogP contribution in [-0.4, -0.2) is 66.5 Å². The van der Waals surface area contributed by atoms with Gasteiger partial charge in [0, 0.05) is 65.3 Å². The predicted octanol–water partition coefficient (Wildman–Crippen LogP) is 1.20. The number of methoxy groups -OCH3 is 1. The van der Waals surface area contributed by atoms with E-state index in [-0.39, 0.29) is 0 Å². The third-order valence-electron chi connectivity index (χ3n) is 5.31. The summed E-state index contributed by atoms with van der Waals surface area (Å²) in [6.07, 6.45) is 7.20. The summed E-state index contributed by atoms with van der Waals surface area (Å²) in [6.45, 7) is 3.10. The van der Waals surface area contributed by atoms with Crippen LogP contribution < -0.4 is 0 Å². The van der Waals surface area contributed by atoms with E-state index in [1.54, 1.807) is 15.7 Å². The number of aromatic nitrogens is 2. The van der Waals surface area contributed by atoms with Gasteiger partial charge in [-0.05, 0) is 31.6 Å². The highest BCUT2D eigenvalue weighted by molar-refractivity contribution is 7.86. The zero-order valence-electron chi connectivity index (χ0n) is 14.6. The van der Waals surface area contributed by atoms with Crippen LogP contribution >= 0.6 is 0 Å². The highest BCUT2D eigenvalue weighted by Crippen LogP contribution is 2.29. The first-order chi connectivity index (χ1) is 11.5. The molecule has 2 saturated heterocycles. The van der Waals surface area contributed by atoms with Crippen LogP contribution in [0.15, 0.2) is 12.4 Å². The molecule has 3 rings (SSSR count). The smallest absolute Gasteiger partial charge is 0.281 e. The Hall–Kier alpha value is -0.960. The normalized spacial score (nSPS) is 22.9. The maximum Gasteiger partial charge on any atom is 0.281 e. The van der Waals surface area contributed by atoms with Gasteiger partial charge in [-0.3, -0.25) is 0 Å².